The lowest BCUT2D eigenvalue weighted by Gasteiger charge is -2.27. The number of amides is 1. The van der Waals surface area contributed by atoms with Crippen molar-refractivity contribution in [2.75, 3.05) is 11.5 Å². The van der Waals surface area contributed by atoms with Crippen molar-refractivity contribution in [2.45, 2.75) is 25.3 Å². The van der Waals surface area contributed by atoms with Gasteiger partial charge in [-0.25, -0.2) is 4.79 Å². The van der Waals surface area contributed by atoms with E-state index in [0.717, 1.165) is 22.3 Å². The molecule has 148 valence electrons. The van der Waals surface area contributed by atoms with Gasteiger partial charge in [0.1, 0.15) is 6.61 Å². The van der Waals surface area contributed by atoms with Crippen LogP contribution in [0.15, 0.2) is 65.4 Å². The first-order chi connectivity index (χ1) is 14.1. The summed E-state index contributed by atoms with van der Waals surface area (Å²) in [5, 5.41) is 12.8. The van der Waals surface area contributed by atoms with Crippen LogP contribution >= 0.6 is 11.3 Å². The van der Waals surface area contributed by atoms with Crippen molar-refractivity contribution in [3.63, 3.8) is 0 Å². The molecule has 0 unspecified atom stereocenters. The number of aliphatic carboxylic acids is 1. The highest BCUT2D eigenvalue weighted by Crippen LogP contribution is 2.44. The summed E-state index contributed by atoms with van der Waals surface area (Å²) in [6.45, 7) is 1.92. The summed E-state index contributed by atoms with van der Waals surface area (Å²) in [5.74, 6) is -0.991. The van der Waals surface area contributed by atoms with Crippen LogP contribution in [0.2, 0.25) is 0 Å². The van der Waals surface area contributed by atoms with Crippen molar-refractivity contribution in [2.24, 2.45) is 0 Å². The minimum absolute atomic E-state index is 0.0366. The maximum absolute atomic E-state index is 13.0. The van der Waals surface area contributed by atoms with Gasteiger partial charge in [-0.05, 0) is 40.6 Å². The molecule has 29 heavy (non-hydrogen) atoms. The van der Waals surface area contributed by atoms with Crippen LogP contribution in [0.1, 0.15) is 30.4 Å². The van der Waals surface area contributed by atoms with Gasteiger partial charge in [0.15, 0.2) is 0 Å². The van der Waals surface area contributed by atoms with Crippen LogP contribution in [0.3, 0.4) is 0 Å². The lowest BCUT2D eigenvalue weighted by atomic mass is 9.98. The smallest absolute Gasteiger partial charge is 0.414 e. The minimum atomic E-state index is -0.954. The molecule has 0 radical (unpaired) electrons. The third-order valence-electron chi connectivity index (χ3n) is 5.23. The number of benzene rings is 2. The number of carboxylic acid groups (broad SMARTS) is 1. The van der Waals surface area contributed by atoms with Gasteiger partial charge >= 0.3 is 12.1 Å². The predicted octanol–water partition coefficient (Wildman–Crippen LogP) is 5.37. The molecule has 0 spiro atoms. The SMILES string of the molecule is C[C@@H](CC(=O)O)N(C(=O)OCC1c2ccccc2-c2ccccc21)c1ccsc1. The average Bonchev–Trinajstić information content (AvgIpc) is 3.33. The molecular formula is C23H21NO4S. The fourth-order valence-electron chi connectivity index (χ4n) is 3.94. The molecule has 0 saturated heterocycles. The van der Waals surface area contributed by atoms with E-state index in [1.807, 2.05) is 35.0 Å². The summed E-state index contributed by atoms with van der Waals surface area (Å²) in [5.41, 5.74) is 5.27. The number of anilines is 1. The fourth-order valence-corrected chi connectivity index (χ4v) is 4.57. The maximum Gasteiger partial charge on any atom is 0.414 e. The van der Waals surface area contributed by atoms with Crippen LogP contribution in [0.5, 0.6) is 0 Å². The Hall–Kier alpha value is -3.12. The van der Waals surface area contributed by atoms with Gasteiger partial charge in [0.05, 0.1) is 12.1 Å². The normalized spacial score (nSPS) is 13.4. The number of carbonyl (C=O) groups is 2. The molecule has 1 aromatic heterocycles. The monoisotopic (exact) mass is 407 g/mol. The number of thiophene rings is 1. The molecule has 0 fully saturated rings. The van der Waals surface area contributed by atoms with Gasteiger partial charge in [-0.1, -0.05) is 48.5 Å². The summed E-state index contributed by atoms with van der Waals surface area (Å²) in [4.78, 5) is 25.6. The van der Waals surface area contributed by atoms with Gasteiger partial charge < -0.3 is 9.84 Å². The number of carboxylic acids is 1. The Bertz CT molecular complexity index is 985. The van der Waals surface area contributed by atoms with E-state index in [2.05, 4.69) is 24.3 Å². The van der Waals surface area contributed by atoms with E-state index in [4.69, 9.17) is 9.84 Å². The quantitative estimate of drug-likeness (QED) is 0.597. The van der Waals surface area contributed by atoms with Gasteiger partial charge in [-0.2, -0.15) is 11.3 Å². The third kappa shape index (κ3) is 3.76. The Morgan fingerprint density at radius 3 is 2.24 bits per heavy atom. The molecule has 2 aromatic carbocycles. The summed E-state index contributed by atoms with van der Waals surface area (Å²) in [6.07, 6.45) is -0.681. The molecule has 0 bridgehead atoms. The van der Waals surface area contributed by atoms with E-state index in [9.17, 15) is 9.59 Å². The molecule has 1 atom stereocenters. The molecule has 1 amide bonds. The maximum atomic E-state index is 13.0. The van der Waals surface area contributed by atoms with E-state index < -0.39 is 18.1 Å². The van der Waals surface area contributed by atoms with Crippen molar-refractivity contribution in [3.8, 4) is 11.1 Å². The molecule has 1 aliphatic rings. The Balaban J connectivity index is 1.56. The van der Waals surface area contributed by atoms with Crippen molar-refractivity contribution < 1.29 is 19.4 Å². The summed E-state index contributed by atoms with van der Waals surface area (Å²) in [6, 6.07) is 17.6. The highest BCUT2D eigenvalue weighted by Gasteiger charge is 2.31. The molecule has 3 aromatic rings. The highest BCUT2D eigenvalue weighted by atomic mass is 32.1. The molecule has 0 aliphatic heterocycles. The Morgan fingerprint density at radius 1 is 1.07 bits per heavy atom. The third-order valence-corrected chi connectivity index (χ3v) is 5.90. The van der Waals surface area contributed by atoms with Crippen LogP contribution in [-0.2, 0) is 9.53 Å². The number of carbonyl (C=O) groups excluding carboxylic acids is 1. The van der Waals surface area contributed by atoms with Crippen LogP contribution in [0, 0.1) is 0 Å². The van der Waals surface area contributed by atoms with Crippen molar-refractivity contribution >= 4 is 29.1 Å². The molecule has 4 rings (SSSR count). The molecule has 0 saturated carbocycles. The van der Waals surface area contributed by atoms with E-state index >= 15 is 0 Å². The lowest BCUT2D eigenvalue weighted by molar-refractivity contribution is -0.137. The van der Waals surface area contributed by atoms with E-state index in [-0.39, 0.29) is 18.9 Å². The first-order valence-electron chi connectivity index (χ1n) is 9.44. The predicted molar refractivity (Wildman–Crippen MR) is 114 cm³/mol. The minimum Gasteiger partial charge on any atom is -0.481 e. The van der Waals surface area contributed by atoms with E-state index in [1.54, 1.807) is 13.0 Å². The molecule has 1 N–H and O–H groups in total. The molecule has 1 heterocycles. The molecule has 6 heteroatoms. The summed E-state index contributed by atoms with van der Waals surface area (Å²) < 4.78 is 5.73. The number of hydrogen-bond donors (Lipinski definition) is 1. The summed E-state index contributed by atoms with van der Waals surface area (Å²) in [7, 11) is 0. The molecular weight excluding hydrogens is 386 g/mol. The molecule has 5 nitrogen and oxygen atoms in total. The lowest BCUT2D eigenvalue weighted by Crippen LogP contribution is -2.40. The van der Waals surface area contributed by atoms with Crippen LogP contribution in [0.25, 0.3) is 11.1 Å². The van der Waals surface area contributed by atoms with Crippen molar-refractivity contribution in [1.82, 2.24) is 0 Å². The largest absolute Gasteiger partial charge is 0.481 e. The first-order valence-corrected chi connectivity index (χ1v) is 10.4. The van der Waals surface area contributed by atoms with Crippen molar-refractivity contribution in [3.05, 3.63) is 76.5 Å². The van der Waals surface area contributed by atoms with Gasteiger partial charge in [-0.3, -0.25) is 9.69 Å². The topological polar surface area (TPSA) is 66.8 Å². The number of nitrogens with zero attached hydrogens (tertiary/aromatic N) is 1. The summed E-state index contributed by atoms with van der Waals surface area (Å²) >= 11 is 1.45. The zero-order valence-electron chi connectivity index (χ0n) is 15.9. The van der Waals surface area contributed by atoms with Crippen molar-refractivity contribution in [1.29, 1.82) is 0 Å². The van der Waals surface area contributed by atoms with E-state index in [0.29, 0.717) is 5.69 Å². The Labute approximate surface area is 173 Å². The second kappa shape index (κ2) is 8.09. The first kappa shape index (κ1) is 19.2. The zero-order valence-corrected chi connectivity index (χ0v) is 16.8. The second-order valence-electron chi connectivity index (χ2n) is 7.10. The van der Waals surface area contributed by atoms with Gasteiger partial charge in [0, 0.05) is 17.3 Å². The average molecular weight is 407 g/mol. The van der Waals surface area contributed by atoms with E-state index in [1.165, 1.54) is 16.2 Å². The Morgan fingerprint density at radius 2 is 1.69 bits per heavy atom. The molecule has 1 aliphatic carbocycles. The Kier molecular flexibility index (Phi) is 5.36. The number of hydrogen-bond acceptors (Lipinski definition) is 4. The van der Waals surface area contributed by atoms with Gasteiger partial charge in [0.25, 0.3) is 0 Å². The second-order valence-corrected chi connectivity index (χ2v) is 7.88. The highest BCUT2D eigenvalue weighted by molar-refractivity contribution is 7.08. The zero-order chi connectivity index (χ0) is 20.4. The van der Waals surface area contributed by atoms with Crippen LogP contribution in [-0.4, -0.2) is 29.8 Å². The standard InChI is InChI=1S/C23H21NO4S/c1-15(12-22(25)26)24(16-10-11-29-14-16)23(27)28-13-21-19-8-4-2-6-17(19)18-7-3-5-9-20(18)21/h2-11,14-15,21H,12-13H2,1H3,(H,25,26)/t15-/m0/s1. The van der Waals surface area contributed by atoms with Gasteiger partial charge in [-0.15, -0.1) is 0 Å². The van der Waals surface area contributed by atoms with Gasteiger partial charge in [0.2, 0.25) is 0 Å². The van der Waals surface area contributed by atoms with Crippen LogP contribution in [0.4, 0.5) is 10.5 Å². The fraction of sp³-hybridized carbons (Fsp3) is 0.217. The number of ether oxygens (including phenoxy) is 1. The number of fused-ring (bicyclic) bond motifs is 3. The number of rotatable bonds is 6. The van der Waals surface area contributed by atoms with Crippen LogP contribution < -0.4 is 4.90 Å².